The molecule has 0 spiro atoms. The van der Waals surface area contributed by atoms with Gasteiger partial charge in [-0.05, 0) is 18.1 Å². The van der Waals surface area contributed by atoms with Gasteiger partial charge in [0.15, 0.2) is 0 Å². The highest BCUT2D eigenvalue weighted by atomic mass is 16.5. The van der Waals surface area contributed by atoms with Crippen LogP contribution in [0.3, 0.4) is 0 Å². The molecule has 0 saturated carbocycles. The van der Waals surface area contributed by atoms with Crippen LogP contribution in [0.5, 0.6) is 0 Å². The van der Waals surface area contributed by atoms with Gasteiger partial charge in [-0.1, -0.05) is 19.9 Å². The maximum absolute atomic E-state index is 10.3. The molecule has 3 nitrogen and oxygen atoms in total. The van der Waals surface area contributed by atoms with Gasteiger partial charge in [0.05, 0.1) is 12.3 Å². The fourth-order valence-electron chi connectivity index (χ4n) is 1.79. The summed E-state index contributed by atoms with van der Waals surface area (Å²) in [6.45, 7) is 5.17. The smallest absolute Gasteiger partial charge is 0.132 e. The Morgan fingerprint density at radius 2 is 2.27 bits per heavy atom. The summed E-state index contributed by atoms with van der Waals surface area (Å²) in [4.78, 5) is 4.50. The first-order valence-electron chi connectivity index (χ1n) is 5.39. The van der Waals surface area contributed by atoms with Gasteiger partial charge in [0.1, 0.15) is 5.60 Å². The van der Waals surface area contributed by atoms with Gasteiger partial charge in [0.2, 0.25) is 0 Å². The Kier molecular flexibility index (Phi) is 2.76. The van der Waals surface area contributed by atoms with Crippen LogP contribution in [-0.2, 0) is 10.3 Å². The highest BCUT2D eigenvalue weighted by Gasteiger charge is 2.35. The molecule has 15 heavy (non-hydrogen) atoms. The second kappa shape index (κ2) is 3.91. The molecule has 0 aromatic carbocycles. The van der Waals surface area contributed by atoms with Gasteiger partial charge in [-0.3, -0.25) is 4.98 Å². The number of aliphatic hydroxyl groups is 1. The number of pyridine rings is 1. The van der Waals surface area contributed by atoms with E-state index in [9.17, 15) is 5.11 Å². The molecule has 2 rings (SSSR count). The van der Waals surface area contributed by atoms with E-state index in [4.69, 9.17) is 4.74 Å². The normalized spacial score (nSPS) is 26.1. The predicted octanol–water partition coefficient (Wildman–Crippen LogP) is 1.81. The number of hydrogen-bond donors (Lipinski definition) is 1. The molecular weight excluding hydrogens is 190 g/mol. The molecule has 1 aromatic rings. The van der Waals surface area contributed by atoms with Crippen LogP contribution in [0.4, 0.5) is 0 Å². The standard InChI is InChI=1S/C12H17NO2/c1-9(2)10-4-3-5-11(13-10)12(14)6-7-15-8-12/h3-5,9,14H,6-8H2,1-2H3. The Labute approximate surface area is 90.1 Å². The summed E-state index contributed by atoms with van der Waals surface area (Å²) in [5, 5.41) is 10.3. The van der Waals surface area contributed by atoms with Crippen LogP contribution in [0.25, 0.3) is 0 Å². The largest absolute Gasteiger partial charge is 0.381 e. The van der Waals surface area contributed by atoms with Gasteiger partial charge >= 0.3 is 0 Å². The number of hydrogen-bond acceptors (Lipinski definition) is 3. The molecule has 2 heterocycles. The van der Waals surface area contributed by atoms with E-state index < -0.39 is 5.60 Å². The third-order valence-corrected chi connectivity index (χ3v) is 2.84. The molecule has 0 amide bonds. The average Bonchev–Trinajstić information content (AvgIpc) is 2.67. The number of rotatable bonds is 2. The van der Waals surface area contributed by atoms with Crippen molar-refractivity contribution < 1.29 is 9.84 Å². The molecular formula is C12H17NO2. The van der Waals surface area contributed by atoms with Crippen LogP contribution in [0.2, 0.25) is 0 Å². The number of nitrogens with zero attached hydrogens (tertiary/aromatic N) is 1. The van der Waals surface area contributed by atoms with Crippen molar-refractivity contribution in [2.45, 2.75) is 31.8 Å². The van der Waals surface area contributed by atoms with E-state index in [0.29, 0.717) is 25.6 Å². The van der Waals surface area contributed by atoms with Gasteiger partial charge in [-0.15, -0.1) is 0 Å². The van der Waals surface area contributed by atoms with E-state index in [1.165, 1.54) is 0 Å². The first kappa shape index (κ1) is 10.6. The second-order valence-corrected chi connectivity index (χ2v) is 4.44. The van der Waals surface area contributed by atoms with E-state index in [2.05, 4.69) is 18.8 Å². The Morgan fingerprint density at radius 3 is 2.87 bits per heavy atom. The second-order valence-electron chi connectivity index (χ2n) is 4.44. The molecule has 1 saturated heterocycles. The first-order valence-corrected chi connectivity index (χ1v) is 5.39. The Balaban J connectivity index is 2.31. The summed E-state index contributed by atoms with van der Waals surface area (Å²) < 4.78 is 5.22. The third kappa shape index (κ3) is 2.03. The van der Waals surface area contributed by atoms with Crippen molar-refractivity contribution in [1.29, 1.82) is 0 Å². The van der Waals surface area contributed by atoms with Crippen molar-refractivity contribution >= 4 is 0 Å². The van der Waals surface area contributed by atoms with Crippen LogP contribution >= 0.6 is 0 Å². The molecule has 1 fully saturated rings. The monoisotopic (exact) mass is 207 g/mol. The summed E-state index contributed by atoms with van der Waals surface area (Å²) in [7, 11) is 0. The van der Waals surface area contributed by atoms with E-state index in [1.54, 1.807) is 0 Å². The lowest BCUT2D eigenvalue weighted by molar-refractivity contribution is 0.0192. The third-order valence-electron chi connectivity index (χ3n) is 2.84. The van der Waals surface area contributed by atoms with Crippen molar-refractivity contribution in [3.05, 3.63) is 29.6 Å². The van der Waals surface area contributed by atoms with Crippen LogP contribution in [0.15, 0.2) is 18.2 Å². The zero-order valence-corrected chi connectivity index (χ0v) is 9.23. The molecule has 1 aliphatic rings. The summed E-state index contributed by atoms with van der Waals surface area (Å²) in [6.07, 6.45) is 0.640. The minimum absolute atomic E-state index is 0.363. The minimum atomic E-state index is -0.870. The Hall–Kier alpha value is -0.930. The molecule has 3 heteroatoms. The maximum Gasteiger partial charge on any atom is 0.132 e. The van der Waals surface area contributed by atoms with Crippen molar-refractivity contribution in [1.82, 2.24) is 4.98 Å². The number of ether oxygens (including phenoxy) is 1. The molecule has 1 atom stereocenters. The topological polar surface area (TPSA) is 42.4 Å². The molecule has 0 radical (unpaired) electrons. The van der Waals surface area contributed by atoms with Crippen molar-refractivity contribution in [2.75, 3.05) is 13.2 Å². The summed E-state index contributed by atoms with van der Waals surface area (Å²) in [5.41, 5.74) is 0.893. The molecule has 1 aromatic heterocycles. The minimum Gasteiger partial charge on any atom is -0.381 e. The molecule has 82 valence electrons. The molecule has 0 bridgehead atoms. The molecule has 0 aliphatic carbocycles. The summed E-state index contributed by atoms with van der Waals surface area (Å²) in [5.74, 6) is 0.385. The fourth-order valence-corrected chi connectivity index (χ4v) is 1.79. The van der Waals surface area contributed by atoms with E-state index in [0.717, 1.165) is 11.4 Å². The van der Waals surface area contributed by atoms with Gasteiger partial charge in [-0.25, -0.2) is 0 Å². The summed E-state index contributed by atoms with van der Waals surface area (Å²) in [6, 6.07) is 5.82. The van der Waals surface area contributed by atoms with E-state index >= 15 is 0 Å². The quantitative estimate of drug-likeness (QED) is 0.804. The SMILES string of the molecule is CC(C)c1cccc(C2(O)CCOC2)n1. The summed E-state index contributed by atoms with van der Waals surface area (Å²) >= 11 is 0. The zero-order chi connectivity index (χ0) is 10.9. The zero-order valence-electron chi connectivity index (χ0n) is 9.23. The number of aromatic nitrogens is 1. The first-order chi connectivity index (χ1) is 7.12. The van der Waals surface area contributed by atoms with Gasteiger partial charge in [0.25, 0.3) is 0 Å². The van der Waals surface area contributed by atoms with Gasteiger partial charge < -0.3 is 9.84 Å². The lowest BCUT2D eigenvalue weighted by atomic mass is 9.97. The lowest BCUT2D eigenvalue weighted by Crippen LogP contribution is -2.27. The van der Waals surface area contributed by atoms with Crippen LogP contribution < -0.4 is 0 Å². The maximum atomic E-state index is 10.3. The van der Waals surface area contributed by atoms with Crippen LogP contribution in [-0.4, -0.2) is 23.3 Å². The van der Waals surface area contributed by atoms with Crippen molar-refractivity contribution in [2.24, 2.45) is 0 Å². The van der Waals surface area contributed by atoms with Crippen molar-refractivity contribution in [3.63, 3.8) is 0 Å². The lowest BCUT2D eigenvalue weighted by Gasteiger charge is -2.20. The van der Waals surface area contributed by atoms with Gasteiger partial charge in [0, 0.05) is 18.7 Å². The molecule has 1 N–H and O–H groups in total. The van der Waals surface area contributed by atoms with E-state index in [-0.39, 0.29) is 0 Å². The van der Waals surface area contributed by atoms with Crippen molar-refractivity contribution in [3.8, 4) is 0 Å². The Bertz CT molecular complexity index is 343. The van der Waals surface area contributed by atoms with Crippen LogP contribution in [0.1, 0.15) is 37.6 Å². The average molecular weight is 207 g/mol. The molecule has 1 unspecified atom stereocenters. The Morgan fingerprint density at radius 1 is 1.47 bits per heavy atom. The fraction of sp³-hybridized carbons (Fsp3) is 0.583. The highest BCUT2D eigenvalue weighted by Crippen LogP contribution is 2.29. The van der Waals surface area contributed by atoms with E-state index in [1.807, 2.05) is 18.2 Å². The molecule has 1 aliphatic heterocycles. The van der Waals surface area contributed by atoms with Gasteiger partial charge in [-0.2, -0.15) is 0 Å². The highest BCUT2D eigenvalue weighted by molar-refractivity contribution is 5.19. The predicted molar refractivity (Wildman–Crippen MR) is 57.7 cm³/mol. The van der Waals surface area contributed by atoms with Crippen LogP contribution in [0, 0.1) is 0 Å².